The van der Waals surface area contributed by atoms with Crippen LogP contribution in [-0.4, -0.2) is 20.7 Å². The number of hydrogen-bond acceptors (Lipinski definition) is 2. The molecule has 2 aromatic rings. The van der Waals surface area contributed by atoms with Gasteiger partial charge in [-0.05, 0) is 31.0 Å². The van der Waals surface area contributed by atoms with Crippen molar-refractivity contribution in [3.05, 3.63) is 29.5 Å². The maximum Gasteiger partial charge on any atom is 0.338 e. The molecule has 88 valence electrons. The maximum atomic E-state index is 11.4. The number of carboxylic acids is 1. The van der Waals surface area contributed by atoms with Crippen LogP contribution in [0.5, 0.6) is 5.75 Å². The first-order chi connectivity index (χ1) is 8.09. The normalized spacial score (nSPS) is 15.4. The zero-order valence-corrected chi connectivity index (χ0v) is 9.47. The van der Waals surface area contributed by atoms with Crippen LogP contribution < -0.4 is 0 Å². The highest BCUT2D eigenvalue weighted by Crippen LogP contribution is 2.44. The van der Waals surface area contributed by atoms with Crippen molar-refractivity contribution in [3.63, 3.8) is 0 Å². The number of aromatic hydroxyl groups is 1. The fourth-order valence-corrected chi connectivity index (χ4v) is 2.51. The second kappa shape index (κ2) is 3.26. The van der Waals surface area contributed by atoms with Crippen molar-refractivity contribution >= 4 is 16.9 Å². The highest BCUT2D eigenvalue weighted by Gasteiger charge is 2.33. The minimum absolute atomic E-state index is 0.105. The smallest absolute Gasteiger partial charge is 0.338 e. The molecule has 0 saturated heterocycles. The first kappa shape index (κ1) is 10.2. The van der Waals surface area contributed by atoms with Crippen LogP contribution in [0.1, 0.15) is 34.8 Å². The van der Waals surface area contributed by atoms with Gasteiger partial charge in [0, 0.05) is 29.6 Å². The minimum Gasteiger partial charge on any atom is -0.508 e. The highest BCUT2D eigenvalue weighted by molar-refractivity contribution is 6.05. The molecule has 0 radical (unpaired) electrons. The standard InChI is InChI=1S/C13H13NO3/c1-14-10-5-4-8(15)6-9(10)11(13(16)17)12(14)7-2-3-7/h4-7,15H,2-3H2,1H3,(H,16,17). The molecular formula is C13H13NO3. The van der Waals surface area contributed by atoms with Crippen LogP contribution in [-0.2, 0) is 7.05 Å². The Morgan fingerprint density at radius 3 is 2.71 bits per heavy atom. The van der Waals surface area contributed by atoms with Gasteiger partial charge in [0.1, 0.15) is 5.75 Å². The quantitative estimate of drug-likeness (QED) is 0.834. The van der Waals surface area contributed by atoms with Crippen molar-refractivity contribution in [2.24, 2.45) is 7.05 Å². The van der Waals surface area contributed by atoms with E-state index in [1.165, 1.54) is 6.07 Å². The van der Waals surface area contributed by atoms with Crippen LogP contribution in [0.25, 0.3) is 10.9 Å². The average Bonchev–Trinajstić information content (AvgIpc) is 3.04. The summed E-state index contributed by atoms with van der Waals surface area (Å²) in [6.07, 6.45) is 2.10. The van der Waals surface area contributed by atoms with Gasteiger partial charge >= 0.3 is 5.97 Å². The van der Waals surface area contributed by atoms with Crippen LogP contribution >= 0.6 is 0 Å². The molecule has 1 aromatic carbocycles. The van der Waals surface area contributed by atoms with Crippen LogP contribution in [0.3, 0.4) is 0 Å². The summed E-state index contributed by atoms with van der Waals surface area (Å²) in [7, 11) is 1.89. The number of aromatic carboxylic acids is 1. The molecule has 1 heterocycles. The average molecular weight is 231 g/mol. The predicted octanol–water partition coefficient (Wildman–Crippen LogP) is 2.46. The molecule has 1 saturated carbocycles. The molecule has 4 heteroatoms. The summed E-state index contributed by atoms with van der Waals surface area (Å²) in [5.41, 5.74) is 2.10. The van der Waals surface area contributed by atoms with Crippen molar-refractivity contribution in [2.75, 3.05) is 0 Å². The molecule has 4 nitrogen and oxygen atoms in total. The van der Waals surface area contributed by atoms with Gasteiger partial charge in [0.2, 0.25) is 0 Å². The Morgan fingerprint density at radius 2 is 2.12 bits per heavy atom. The lowest BCUT2D eigenvalue weighted by molar-refractivity contribution is 0.0697. The van der Waals surface area contributed by atoms with E-state index in [1.807, 2.05) is 11.6 Å². The van der Waals surface area contributed by atoms with E-state index in [1.54, 1.807) is 12.1 Å². The lowest BCUT2D eigenvalue weighted by Crippen LogP contribution is -2.02. The van der Waals surface area contributed by atoms with Gasteiger partial charge < -0.3 is 14.8 Å². The SMILES string of the molecule is Cn1c(C2CC2)c(C(=O)O)c2cc(O)ccc21. The number of phenolic OH excluding ortho intramolecular Hbond substituents is 1. The summed E-state index contributed by atoms with van der Waals surface area (Å²) < 4.78 is 1.94. The number of phenols is 1. The number of benzene rings is 1. The summed E-state index contributed by atoms with van der Waals surface area (Å²) in [6.45, 7) is 0. The summed E-state index contributed by atoms with van der Waals surface area (Å²) in [6, 6.07) is 4.89. The molecule has 2 N–H and O–H groups in total. The first-order valence-electron chi connectivity index (χ1n) is 5.64. The molecule has 17 heavy (non-hydrogen) atoms. The van der Waals surface area contributed by atoms with Gasteiger partial charge in [0.25, 0.3) is 0 Å². The van der Waals surface area contributed by atoms with Crippen molar-refractivity contribution in [2.45, 2.75) is 18.8 Å². The molecule has 1 aliphatic rings. The number of rotatable bonds is 2. The van der Waals surface area contributed by atoms with Gasteiger partial charge in [-0.25, -0.2) is 4.79 Å². The van der Waals surface area contributed by atoms with Gasteiger partial charge in [-0.15, -0.1) is 0 Å². The third kappa shape index (κ3) is 1.40. The second-order valence-corrected chi connectivity index (χ2v) is 4.60. The van der Waals surface area contributed by atoms with Crippen molar-refractivity contribution in [3.8, 4) is 5.75 Å². The lowest BCUT2D eigenvalue weighted by atomic mass is 10.1. The monoisotopic (exact) mass is 231 g/mol. The molecule has 0 atom stereocenters. The highest BCUT2D eigenvalue weighted by atomic mass is 16.4. The maximum absolute atomic E-state index is 11.4. The van der Waals surface area contributed by atoms with E-state index >= 15 is 0 Å². The van der Waals surface area contributed by atoms with Crippen LogP contribution in [0.2, 0.25) is 0 Å². The third-order valence-corrected chi connectivity index (χ3v) is 3.41. The fourth-order valence-electron chi connectivity index (χ4n) is 2.51. The van der Waals surface area contributed by atoms with Gasteiger partial charge in [-0.1, -0.05) is 0 Å². The summed E-state index contributed by atoms with van der Waals surface area (Å²) >= 11 is 0. The molecule has 1 aliphatic carbocycles. The molecule has 0 unspecified atom stereocenters. The Kier molecular flexibility index (Phi) is 1.96. The Balaban J connectivity index is 2.41. The van der Waals surface area contributed by atoms with Gasteiger partial charge in [0.05, 0.1) is 5.56 Å². The van der Waals surface area contributed by atoms with E-state index in [2.05, 4.69) is 0 Å². The molecule has 3 rings (SSSR count). The Hall–Kier alpha value is -1.97. The largest absolute Gasteiger partial charge is 0.508 e. The zero-order chi connectivity index (χ0) is 12.2. The lowest BCUT2D eigenvalue weighted by Gasteiger charge is -2.02. The van der Waals surface area contributed by atoms with Gasteiger partial charge in [-0.3, -0.25) is 0 Å². The number of carboxylic acid groups (broad SMARTS) is 1. The third-order valence-electron chi connectivity index (χ3n) is 3.41. The van der Waals surface area contributed by atoms with Crippen molar-refractivity contribution in [1.82, 2.24) is 4.57 Å². The summed E-state index contributed by atoms with van der Waals surface area (Å²) in [5, 5.41) is 19.5. The van der Waals surface area contributed by atoms with Crippen LogP contribution in [0.15, 0.2) is 18.2 Å². The molecule has 1 fully saturated rings. The number of fused-ring (bicyclic) bond motifs is 1. The van der Waals surface area contributed by atoms with E-state index in [0.717, 1.165) is 24.1 Å². The van der Waals surface area contributed by atoms with Gasteiger partial charge in [-0.2, -0.15) is 0 Å². The number of carbonyl (C=O) groups is 1. The first-order valence-corrected chi connectivity index (χ1v) is 5.64. The molecular weight excluding hydrogens is 218 g/mol. The fraction of sp³-hybridized carbons (Fsp3) is 0.308. The van der Waals surface area contributed by atoms with E-state index < -0.39 is 5.97 Å². The topological polar surface area (TPSA) is 62.5 Å². The molecule has 0 amide bonds. The summed E-state index contributed by atoms with van der Waals surface area (Å²) in [5.74, 6) is -0.448. The Morgan fingerprint density at radius 1 is 1.41 bits per heavy atom. The second-order valence-electron chi connectivity index (χ2n) is 4.60. The Bertz CT molecular complexity index is 623. The van der Waals surface area contributed by atoms with Crippen LogP contribution in [0.4, 0.5) is 0 Å². The molecule has 0 spiro atoms. The molecule has 0 bridgehead atoms. The zero-order valence-electron chi connectivity index (χ0n) is 9.47. The van der Waals surface area contributed by atoms with E-state index in [4.69, 9.17) is 0 Å². The number of aromatic nitrogens is 1. The van der Waals surface area contributed by atoms with Crippen LogP contribution in [0, 0.1) is 0 Å². The predicted molar refractivity (Wildman–Crippen MR) is 63.5 cm³/mol. The number of aryl methyl sites for hydroxylation is 1. The van der Waals surface area contributed by atoms with Crippen molar-refractivity contribution < 1.29 is 15.0 Å². The molecule has 0 aliphatic heterocycles. The molecule has 1 aromatic heterocycles. The van der Waals surface area contributed by atoms with E-state index in [0.29, 0.717) is 16.9 Å². The summed E-state index contributed by atoms with van der Waals surface area (Å²) in [4.78, 5) is 11.4. The minimum atomic E-state index is -0.914. The Labute approximate surface area is 98.1 Å². The van der Waals surface area contributed by atoms with E-state index in [-0.39, 0.29) is 5.75 Å². The van der Waals surface area contributed by atoms with Gasteiger partial charge in [0.15, 0.2) is 0 Å². The number of nitrogens with zero attached hydrogens (tertiary/aromatic N) is 1. The van der Waals surface area contributed by atoms with Crippen molar-refractivity contribution in [1.29, 1.82) is 0 Å². The number of hydrogen-bond donors (Lipinski definition) is 2. The van der Waals surface area contributed by atoms with E-state index in [9.17, 15) is 15.0 Å².